The quantitative estimate of drug-likeness (QED) is 0.672. The maximum absolute atomic E-state index is 12.9. The highest BCUT2D eigenvalue weighted by Gasteiger charge is 2.31. The van der Waals surface area contributed by atoms with E-state index in [1.165, 1.54) is 28.6 Å². The van der Waals surface area contributed by atoms with Crippen LogP contribution >= 0.6 is 11.6 Å². The highest BCUT2D eigenvalue weighted by molar-refractivity contribution is 7.89. The van der Waals surface area contributed by atoms with Crippen molar-refractivity contribution in [2.24, 2.45) is 11.8 Å². The van der Waals surface area contributed by atoms with Gasteiger partial charge in [0.15, 0.2) is 0 Å². The molecule has 1 heterocycles. The van der Waals surface area contributed by atoms with Crippen LogP contribution in [0.4, 0.5) is 0 Å². The second-order valence-electron chi connectivity index (χ2n) is 7.50. The summed E-state index contributed by atoms with van der Waals surface area (Å²) in [4.78, 5) is 12.4. The Kier molecular flexibility index (Phi) is 6.43. The van der Waals surface area contributed by atoms with E-state index in [0.717, 1.165) is 12.0 Å². The fraction of sp³-hybridized carbons (Fsp3) is 0.381. The molecule has 0 aliphatic carbocycles. The lowest BCUT2D eigenvalue weighted by Crippen LogP contribution is -2.42. The number of sulfonamides is 1. The molecule has 3 rings (SSSR count). The highest BCUT2D eigenvalue weighted by Crippen LogP contribution is 2.26. The van der Waals surface area contributed by atoms with Crippen LogP contribution in [0.15, 0.2) is 53.4 Å². The molecular formula is C21H24ClNO4S. The van der Waals surface area contributed by atoms with Gasteiger partial charge in [-0.2, -0.15) is 4.31 Å². The number of carbonyl (C=O) groups is 1. The molecule has 7 heteroatoms. The van der Waals surface area contributed by atoms with Gasteiger partial charge < -0.3 is 4.74 Å². The van der Waals surface area contributed by atoms with Gasteiger partial charge in [-0.15, -0.1) is 0 Å². The van der Waals surface area contributed by atoms with Crippen molar-refractivity contribution in [1.82, 2.24) is 4.31 Å². The number of carbonyl (C=O) groups excluding carboxylic acids is 1. The molecule has 2 aromatic rings. The maximum Gasteiger partial charge on any atom is 0.338 e. The van der Waals surface area contributed by atoms with E-state index in [-0.39, 0.29) is 11.5 Å². The summed E-state index contributed by atoms with van der Waals surface area (Å²) in [5, 5.41) is 0.574. The number of benzene rings is 2. The van der Waals surface area contributed by atoms with Crippen molar-refractivity contribution >= 4 is 27.6 Å². The smallest absolute Gasteiger partial charge is 0.338 e. The van der Waals surface area contributed by atoms with Crippen molar-refractivity contribution in [3.8, 4) is 0 Å². The first-order valence-electron chi connectivity index (χ1n) is 9.27. The van der Waals surface area contributed by atoms with Crippen molar-refractivity contribution in [2.75, 3.05) is 13.1 Å². The molecule has 0 radical (unpaired) electrons. The van der Waals surface area contributed by atoms with Gasteiger partial charge in [0, 0.05) is 18.1 Å². The molecule has 1 aliphatic heterocycles. The lowest BCUT2D eigenvalue weighted by molar-refractivity contribution is 0.0472. The molecule has 0 N–H and O–H groups in total. The highest BCUT2D eigenvalue weighted by atomic mass is 35.5. The average Bonchev–Trinajstić information content (AvgIpc) is 2.65. The summed E-state index contributed by atoms with van der Waals surface area (Å²) < 4.78 is 32.6. The number of hydrogen-bond donors (Lipinski definition) is 0. The van der Waals surface area contributed by atoms with Crippen LogP contribution in [0, 0.1) is 11.8 Å². The molecule has 0 unspecified atom stereocenters. The van der Waals surface area contributed by atoms with Crippen molar-refractivity contribution < 1.29 is 17.9 Å². The molecule has 1 saturated heterocycles. The molecule has 150 valence electrons. The standard InChI is InChI=1S/C21H24ClNO4S/c1-15-10-16(2)13-23(12-15)28(25,26)20-8-6-18(7-9-20)21(24)27-14-17-4-3-5-19(22)11-17/h3-9,11,15-16H,10,12-14H2,1-2H3/t15-,16+. The summed E-state index contributed by atoms with van der Waals surface area (Å²) in [7, 11) is -3.56. The van der Waals surface area contributed by atoms with Crippen LogP contribution in [0.25, 0.3) is 0 Å². The zero-order chi connectivity index (χ0) is 20.3. The van der Waals surface area contributed by atoms with Crippen LogP contribution in [-0.2, 0) is 21.4 Å². The van der Waals surface area contributed by atoms with E-state index in [4.69, 9.17) is 16.3 Å². The van der Waals surface area contributed by atoms with Gasteiger partial charge in [-0.05, 0) is 60.2 Å². The molecular weight excluding hydrogens is 398 g/mol. The van der Waals surface area contributed by atoms with Crippen molar-refractivity contribution in [3.63, 3.8) is 0 Å². The molecule has 28 heavy (non-hydrogen) atoms. The number of ether oxygens (including phenoxy) is 1. The fourth-order valence-corrected chi connectivity index (χ4v) is 5.47. The summed E-state index contributed by atoms with van der Waals surface area (Å²) in [5.74, 6) is 0.155. The van der Waals surface area contributed by atoms with Gasteiger partial charge in [0.05, 0.1) is 10.5 Å². The topological polar surface area (TPSA) is 63.7 Å². The Hall–Kier alpha value is -1.89. The van der Waals surface area contributed by atoms with E-state index in [9.17, 15) is 13.2 Å². The molecule has 5 nitrogen and oxygen atoms in total. The van der Waals surface area contributed by atoms with Gasteiger partial charge in [-0.1, -0.05) is 37.6 Å². The van der Waals surface area contributed by atoms with Gasteiger partial charge in [-0.3, -0.25) is 0 Å². The third-order valence-corrected chi connectivity index (χ3v) is 6.90. The molecule has 2 aromatic carbocycles. The van der Waals surface area contributed by atoms with E-state index in [0.29, 0.717) is 35.5 Å². The van der Waals surface area contributed by atoms with E-state index in [1.54, 1.807) is 18.2 Å². The molecule has 0 bridgehead atoms. The number of halogens is 1. The number of esters is 1. The first-order chi connectivity index (χ1) is 13.3. The first-order valence-corrected chi connectivity index (χ1v) is 11.1. The lowest BCUT2D eigenvalue weighted by Gasteiger charge is -2.34. The van der Waals surface area contributed by atoms with Gasteiger partial charge in [0.25, 0.3) is 0 Å². The normalized spacial score (nSPS) is 20.7. The van der Waals surface area contributed by atoms with Crippen LogP contribution in [0.1, 0.15) is 36.2 Å². The maximum atomic E-state index is 12.9. The van der Waals surface area contributed by atoms with Gasteiger partial charge in [-0.25, -0.2) is 13.2 Å². The molecule has 2 atom stereocenters. The van der Waals surface area contributed by atoms with Crippen LogP contribution < -0.4 is 0 Å². The Labute approximate surface area is 171 Å². The first kappa shape index (κ1) is 20.8. The van der Waals surface area contributed by atoms with Crippen LogP contribution in [0.3, 0.4) is 0 Å². The Bertz CT molecular complexity index is 933. The number of nitrogens with zero attached hydrogens (tertiary/aromatic N) is 1. The minimum atomic E-state index is -3.56. The predicted molar refractivity (Wildman–Crippen MR) is 109 cm³/mol. The average molecular weight is 422 g/mol. The summed E-state index contributed by atoms with van der Waals surface area (Å²) in [6, 6.07) is 13.0. The van der Waals surface area contributed by atoms with E-state index < -0.39 is 16.0 Å². The minimum Gasteiger partial charge on any atom is -0.457 e. The second kappa shape index (κ2) is 8.64. The van der Waals surface area contributed by atoms with E-state index >= 15 is 0 Å². The van der Waals surface area contributed by atoms with E-state index in [1.807, 2.05) is 6.07 Å². The second-order valence-corrected chi connectivity index (χ2v) is 9.87. The van der Waals surface area contributed by atoms with Crippen LogP contribution in [0.2, 0.25) is 5.02 Å². The Morgan fingerprint density at radius 3 is 2.36 bits per heavy atom. The molecule has 0 amide bonds. The predicted octanol–water partition coefficient (Wildman–Crippen LogP) is 4.36. The van der Waals surface area contributed by atoms with Crippen LogP contribution in [-0.4, -0.2) is 31.8 Å². The number of piperidine rings is 1. The van der Waals surface area contributed by atoms with Gasteiger partial charge in [0.1, 0.15) is 6.61 Å². The molecule has 0 saturated carbocycles. The summed E-state index contributed by atoms with van der Waals surface area (Å²) in [6.07, 6.45) is 1.03. The van der Waals surface area contributed by atoms with Crippen molar-refractivity contribution in [3.05, 3.63) is 64.7 Å². The van der Waals surface area contributed by atoms with Gasteiger partial charge in [0.2, 0.25) is 10.0 Å². The largest absolute Gasteiger partial charge is 0.457 e. The van der Waals surface area contributed by atoms with Crippen molar-refractivity contribution in [1.29, 1.82) is 0 Å². The molecule has 0 spiro atoms. The summed E-state index contributed by atoms with van der Waals surface area (Å²) >= 11 is 5.92. The Morgan fingerprint density at radius 1 is 1.11 bits per heavy atom. The summed E-state index contributed by atoms with van der Waals surface area (Å²) in [5.41, 5.74) is 1.09. The SMILES string of the molecule is C[C@@H]1C[C@H](C)CN(S(=O)(=O)c2ccc(C(=O)OCc3cccc(Cl)c3)cc2)C1. The molecule has 0 aromatic heterocycles. The zero-order valence-electron chi connectivity index (χ0n) is 16.0. The number of hydrogen-bond acceptors (Lipinski definition) is 4. The number of rotatable bonds is 5. The van der Waals surface area contributed by atoms with Crippen molar-refractivity contribution in [2.45, 2.75) is 31.8 Å². The van der Waals surface area contributed by atoms with Gasteiger partial charge >= 0.3 is 5.97 Å². The fourth-order valence-electron chi connectivity index (χ4n) is 3.57. The monoisotopic (exact) mass is 421 g/mol. The lowest BCUT2D eigenvalue weighted by atomic mass is 9.94. The zero-order valence-corrected chi connectivity index (χ0v) is 17.5. The molecule has 1 aliphatic rings. The van der Waals surface area contributed by atoms with E-state index in [2.05, 4.69) is 13.8 Å². The third-order valence-electron chi connectivity index (χ3n) is 4.82. The minimum absolute atomic E-state index is 0.100. The Morgan fingerprint density at radius 2 is 1.75 bits per heavy atom. The Balaban J connectivity index is 1.67. The summed E-state index contributed by atoms with van der Waals surface area (Å²) in [6.45, 7) is 5.28. The third kappa shape index (κ3) is 4.93. The van der Waals surface area contributed by atoms with Crippen LogP contribution in [0.5, 0.6) is 0 Å². The molecule has 1 fully saturated rings.